The van der Waals surface area contributed by atoms with Crippen LogP contribution in [-0.4, -0.2) is 32.0 Å². The van der Waals surface area contributed by atoms with Gasteiger partial charge < -0.3 is 15.0 Å². The van der Waals surface area contributed by atoms with Crippen LogP contribution in [0, 0.1) is 0 Å². The Labute approximate surface area is 169 Å². The number of ether oxygens (including phenoxy) is 1. The SMILES string of the molecule is CCC(C)NC(=O)c1ccc2c(c1)N(C)C(=O)C(=Cc1cccc(OC)c1)S2. The summed E-state index contributed by atoms with van der Waals surface area (Å²) in [6.45, 7) is 3.99. The molecule has 0 bridgehead atoms. The number of fused-ring (bicyclic) bond motifs is 1. The summed E-state index contributed by atoms with van der Waals surface area (Å²) in [5.41, 5.74) is 2.20. The standard InChI is InChI=1S/C22H24N2O3S/c1-5-14(2)23-21(25)16-9-10-19-18(13-16)24(3)22(26)20(28-19)12-15-7-6-8-17(11-15)27-4/h6-14H,5H2,1-4H3,(H,23,25). The highest BCUT2D eigenvalue weighted by Crippen LogP contribution is 2.42. The van der Waals surface area contributed by atoms with E-state index in [1.54, 1.807) is 31.2 Å². The summed E-state index contributed by atoms with van der Waals surface area (Å²) in [5, 5.41) is 2.96. The minimum absolute atomic E-state index is 0.0974. The zero-order chi connectivity index (χ0) is 20.3. The highest BCUT2D eigenvalue weighted by Gasteiger charge is 2.27. The lowest BCUT2D eigenvalue weighted by Gasteiger charge is -2.27. The normalized spacial score (nSPS) is 15.9. The van der Waals surface area contributed by atoms with Gasteiger partial charge in [-0.25, -0.2) is 0 Å². The number of hydrogen-bond donors (Lipinski definition) is 1. The number of thioether (sulfide) groups is 1. The first-order valence-electron chi connectivity index (χ1n) is 9.19. The predicted octanol–water partition coefficient (Wildman–Crippen LogP) is 4.33. The molecule has 2 aromatic carbocycles. The second-order valence-corrected chi connectivity index (χ2v) is 7.80. The minimum Gasteiger partial charge on any atom is -0.497 e. The Hall–Kier alpha value is -2.73. The summed E-state index contributed by atoms with van der Waals surface area (Å²) < 4.78 is 5.25. The van der Waals surface area contributed by atoms with E-state index in [0.717, 1.165) is 28.3 Å². The largest absolute Gasteiger partial charge is 0.497 e. The van der Waals surface area contributed by atoms with E-state index >= 15 is 0 Å². The molecule has 0 saturated heterocycles. The first-order chi connectivity index (χ1) is 13.4. The van der Waals surface area contributed by atoms with Crippen LogP contribution in [0.5, 0.6) is 5.75 Å². The van der Waals surface area contributed by atoms with Gasteiger partial charge in [-0.15, -0.1) is 0 Å². The summed E-state index contributed by atoms with van der Waals surface area (Å²) in [7, 11) is 3.35. The van der Waals surface area contributed by atoms with E-state index in [0.29, 0.717) is 10.5 Å². The van der Waals surface area contributed by atoms with Crippen molar-refractivity contribution in [2.24, 2.45) is 0 Å². The molecule has 6 heteroatoms. The fourth-order valence-electron chi connectivity index (χ4n) is 2.83. The second kappa shape index (κ2) is 8.52. The monoisotopic (exact) mass is 396 g/mol. The van der Waals surface area contributed by atoms with Crippen molar-refractivity contribution in [1.82, 2.24) is 5.32 Å². The summed E-state index contributed by atoms with van der Waals surface area (Å²) >= 11 is 1.41. The van der Waals surface area contributed by atoms with Gasteiger partial charge >= 0.3 is 0 Å². The molecule has 1 atom stereocenters. The number of anilines is 1. The average Bonchev–Trinajstić information content (AvgIpc) is 2.71. The Morgan fingerprint density at radius 2 is 2.07 bits per heavy atom. The Morgan fingerprint density at radius 1 is 1.29 bits per heavy atom. The van der Waals surface area contributed by atoms with Crippen molar-refractivity contribution in [3.8, 4) is 5.75 Å². The number of benzene rings is 2. The molecule has 1 heterocycles. The van der Waals surface area contributed by atoms with Crippen LogP contribution in [0.15, 0.2) is 52.3 Å². The van der Waals surface area contributed by atoms with Gasteiger partial charge in [-0.1, -0.05) is 30.8 Å². The van der Waals surface area contributed by atoms with Crippen LogP contribution in [-0.2, 0) is 4.79 Å². The molecule has 1 aliphatic rings. The van der Waals surface area contributed by atoms with Crippen LogP contribution in [0.4, 0.5) is 5.69 Å². The Bertz CT molecular complexity index is 939. The maximum absolute atomic E-state index is 12.9. The minimum atomic E-state index is -0.124. The van der Waals surface area contributed by atoms with Gasteiger partial charge in [-0.3, -0.25) is 9.59 Å². The number of methoxy groups -OCH3 is 1. The smallest absolute Gasteiger partial charge is 0.264 e. The molecule has 0 saturated carbocycles. The van der Waals surface area contributed by atoms with E-state index in [1.165, 1.54) is 11.8 Å². The van der Waals surface area contributed by atoms with Gasteiger partial charge in [0.25, 0.3) is 11.8 Å². The van der Waals surface area contributed by atoms with Crippen molar-refractivity contribution in [1.29, 1.82) is 0 Å². The zero-order valence-corrected chi connectivity index (χ0v) is 17.3. The first kappa shape index (κ1) is 20.0. The topological polar surface area (TPSA) is 58.6 Å². The van der Waals surface area contributed by atoms with Gasteiger partial charge in [0.1, 0.15) is 5.75 Å². The number of likely N-dealkylation sites (N-methyl/N-ethyl adjacent to an activating group) is 1. The van der Waals surface area contributed by atoms with Gasteiger partial charge in [0, 0.05) is 23.5 Å². The van der Waals surface area contributed by atoms with Crippen molar-refractivity contribution in [2.75, 3.05) is 19.1 Å². The third-order valence-electron chi connectivity index (χ3n) is 4.70. The van der Waals surface area contributed by atoms with Gasteiger partial charge in [0.05, 0.1) is 17.7 Å². The molecule has 1 aliphatic heterocycles. The van der Waals surface area contributed by atoms with Gasteiger partial charge in [-0.05, 0) is 55.3 Å². The molecule has 0 radical (unpaired) electrons. The van der Waals surface area contributed by atoms with E-state index in [-0.39, 0.29) is 17.9 Å². The molecule has 1 unspecified atom stereocenters. The number of nitrogens with zero attached hydrogens (tertiary/aromatic N) is 1. The Balaban J connectivity index is 1.89. The number of amides is 2. The average molecular weight is 397 g/mol. The van der Waals surface area contributed by atoms with E-state index in [4.69, 9.17) is 4.74 Å². The van der Waals surface area contributed by atoms with Gasteiger partial charge in [0.15, 0.2) is 0 Å². The lowest BCUT2D eigenvalue weighted by atomic mass is 10.1. The lowest BCUT2D eigenvalue weighted by molar-refractivity contribution is -0.114. The van der Waals surface area contributed by atoms with Crippen molar-refractivity contribution >= 4 is 35.3 Å². The molecule has 2 amide bonds. The third-order valence-corrected chi connectivity index (χ3v) is 5.78. The highest BCUT2D eigenvalue weighted by atomic mass is 32.2. The molecule has 28 heavy (non-hydrogen) atoms. The van der Waals surface area contributed by atoms with Crippen LogP contribution < -0.4 is 15.0 Å². The number of rotatable bonds is 5. The molecule has 2 aromatic rings. The number of carbonyl (C=O) groups is 2. The molecule has 0 aliphatic carbocycles. The molecule has 146 valence electrons. The molecule has 0 aromatic heterocycles. The summed E-state index contributed by atoms with van der Waals surface area (Å²) in [4.78, 5) is 28.4. The van der Waals surface area contributed by atoms with Crippen LogP contribution >= 0.6 is 11.8 Å². The van der Waals surface area contributed by atoms with Gasteiger partial charge in [-0.2, -0.15) is 0 Å². The molecular formula is C22H24N2O3S. The molecule has 3 rings (SSSR count). The molecule has 0 spiro atoms. The molecular weight excluding hydrogens is 372 g/mol. The fraction of sp³-hybridized carbons (Fsp3) is 0.273. The van der Waals surface area contributed by atoms with Crippen LogP contribution in [0.2, 0.25) is 0 Å². The van der Waals surface area contributed by atoms with E-state index in [2.05, 4.69) is 5.32 Å². The van der Waals surface area contributed by atoms with Crippen molar-refractivity contribution in [3.63, 3.8) is 0 Å². The molecule has 1 N–H and O–H groups in total. The quantitative estimate of drug-likeness (QED) is 0.764. The van der Waals surface area contributed by atoms with Crippen LogP contribution in [0.25, 0.3) is 6.08 Å². The van der Waals surface area contributed by atoms with Crippen molar-refractivity contribution < 1.29 is 14.3 Å². The highest BCUT2D eigenvalue weighted by molar-refractivity contribution is 8.04. The first-order valence-corrected chi connectivity index (χ1v) is 10.0. The Morgan fingerprint density at radius 3 is 2.79 bits per heavy atom. The Kier molecular flexibility index (Phi) is 6.09. The molecule has 5 nitrogen and oxygen atoms in total. The van der Waals surface area contributed by atoms with E-state index < -0.39 is 0 Å². The second-order valence-electron chi connectivity index (χ2n) is 6.72. The predicted molar refractivity (Wildman–Crippen MR) is 114 cm³/mol. The van der Waals surface area contributed by atoms with Crippen LogP contribution in [0.3, 0.4) is 0 Å². The summed E-state index contributed by atoms with van der Waals surface area (Å²) in [5.74, 6) is 0.522. The number of hydrogen-bond acceptors (Lipinski definition) is 4. The van der Waals surface area contributed by atoms with E-state index in [9.17, 15) is 9.59 Å². The van der Waals surface area contributed by atoms with Crippen molar-refractivity contribution in [2.45, 2.75) is 31.2 Å². The van der Waals surface area contributed by atoms with Crippen LogP contribution in [0.1, 0.15) is 36.2 Å². The van der Waals surface area contributed by atoms with E-state index in [1.807, 2.05) is 50.3 Å². The third kappa shape index (κ3) is 4.22. The maximum Gasteiger partial charge on any atom is 0.264 e. The summed E-state index contributed by atoms with van der Waals surface area (Å²) in [6.07, 6.45) is 2.72. The van der Waals surface area contributed by atoms with Gasteiger partial charge in [0.2, 0.25) is 0 Å². The maximum atomic E-state index is 12.9. The lowest BCUT2D eigenvalue weighted by Crippen LogP contribution is -2.33. The number of carbonyl (C=O) groups excluding carboxylic acids is 2. The number of nitrogens with one attached hydrogen (secondary N) is 1. The molecule has 0 fully saturated rings. The summed E-state index contributed by atoms with van der Waals surface area (Å²) in [6, 6.07) is 13.2. The fourth-order valence-corrected chi connectivity index (χ4v) is 3.92. The zero-order valence-electron chi connectivity index (χ0n) is 16.5. The van der Waals surface area contributed by atoms with Crippen molar-refractivity contribution in [3.05, 3.63) is 58.5 Å².